The minimum atomic E-state index is -0.991. The van der Waals surface area contributed by atoms with Gasteiger partial charge < -0.3 is 10.8 Å². The molecule has 0 unspecified atom stereocenters. The highest BCUT2D eigenvalue weighted by molar-refractivity contribution is 5.70. The van der Waals surface area contributed by atoms with Gasteiger partial charge in [0.25, 0.3) is 0 Å². The van der Waals surface area contributed by atoms with Crippen LogP contribution < -0.4 is 5.73 Å². The summed E-state index contributed by atoms with van der Waals surface area (Å²) < 4.78 is 13.3. The van der Waals surface area contributed by atoms with Gasteiger partial charge in [-0.05, 0) is 17.7 Å². The van der Waals surface area contributed by atoms with Crippen molar-refractivity contribution in [2.75, 3.05) is 6.54 Å². The fraction of sp³-hybridized carbons (Fsp3) is 0.182. The smallest absolute Gasteiger partial charge is 0.307 e. The van der Waals surface area contributed by atoms with E-state index in [1.807, 2.05) is 0 Å². The van der Waals surface area contributed by atoms with Gasteiger partial charge in [0.1, 0.15) is 5.82 Å². The molecular formula is C11H10FNO2. The summed E-state index contributed by atoms with van der Waals surface area (Å²) in [5, 5.41) is 8.50. The van der Waals surface area contributed by atoms with E-state index in [1.54, 1.807) is 0 Å². The van der Waals surface area contributed by atoms with Crippen molar-refractivity contribution in [1.29, 1.82) is 0 Å². The maximum Gasteiger partial charge on any atom is 0.307 e. The summed E-state index contributed by atoms with van der Waals surface area (Å²) in [6.45, 7) is 0.163. The fourth-order valence-electron chi connectivity index (χ4n) is 1.09. The second-order valence-electron chi connectivity index (χ2n) is 2.89. The van der Waals surface area contributed by atoms with Crippen LogP contribution in [-0.4, -0.2) is 17.6 Å². The van der Waals surface area contributed by atoms with E-state index in [2.05, 4.69) is 11.8 Å². The Balaban J connectivity index is 2.92. The van der Waals surface area contributed by atoms with Crippen LogP contribution in [0.25, 0.3) is 0 Å². The molecule has 0 atom stereocenters. The molecule has 1 aromatic rings. The molecule has 0 spiro atoms. The molecule has 0 saturated carbocycles. The highest BCUT2D eigenvalue weighted by atomic mass is 19.1. The Morgan fingerprint density at radius 1 is 1.53 bits per heavy atom. The van der Waals surface area contributed by atoms with E-state index in [4.69, 9.17) is 10.8 Å². The number of halogens is 1. The molecule has 0 aromatic heterocycles. The first kappa shape index (κ1) is 11.2. The maximum atomic E-state index is 13.3. The van der Waals surface area contributed by atoms with E-state index in [-0.39, 0.29) is 18.5 Å². The molecule has 3 nitrogen and oxygen atoms in total. The second-order valence-corrected chi connectivity index (χ2v) is 2.89. The Morgan fingerprint density at radius 2 is 2.27 bits per heavy atom. The summed E-state index contributed by atoms with van der Waals surface area (Å²) >= 11 is 0. The summed E-state index contributed by atoms with van der Waals surface area (Å²) in [5.74, 6) is 3.57. The molecule has 0 saturated heterocycles. The van der Waals surface area contributed by atoms with E-state index in [0.29, 0.717) is 5.56 Å². The van der Waals surface area contributed by atoms with Gasteiger partial charge in [0, 0.05) is 0 Å². The van der Waals surface area contributed by atoms with Crippen molar-refractivity contribution in [3.63, 3.8) is 0 Å². The number of carboxylic acid groups (broad SMARTS) is 1. The molecule has 0 heterocycles. The lowest BCUT2D eigenvalue weighted by molar-refractivity contribution is -0.136. The molecule has 78 valence electrons. The van der Waals surface area contributed by atoms with Crippen LogP contribution in [0.15, 0.2) is 18.2 Å². The van der Waals surface area contributed by atoms with Crippen LogP contribution in [0.5, 0.6) is 0 Å². The molecular weight excluding hydrogens is 197 g/mol. The first-order valence-corrected chi connectivity index (χ1v) is 4.32. The SMILES string of the molecule is NCC#Cc1ccc(CC(=O)O)cc1F. The number of carbonyl (C=O) groups is 1. The largest absolute Gasteiger partial charge is 0.481 e. The lowest BCUT2D eigenvalue weighted by Gasteiger charge is -1.99. The zero-order chi connectivity index (χ0) is 11.3. The number of aliphatic carboxylic acids is 1. The van der Waals surface area contributed by atoms with E-state index < -0.39 is 11.8 Å². The van der Waals surface area contributed by atoms with Crippen molar-refractivity contribution >= 4 is 5.97 Å². The monoisotopic (exact) mass is 207 g/mol. The van der Waals surface area contributed by atoms with E-state index >= 15 is 0 Å². The zero-order valence-electron chi connectivity index (χ0n) is 7.96. The molecule has 0 amide bonds. The molecule has 0 bridgehead atoms. The Hall–Kier alpha value is -1.86. The van der Waals surface area contributed by atoms with Crippen LogP contribution in [0.3, 0.4) is 0 Å². The zero-order valence-corrected chi connectivity index (χ0v) is 7.96. The molecule has 0 aliphatic carbocycles. The highest BCUT2D eigenvalue weighted by Crippen LogP contribution is 2.09. The third-order valence-electron chi connectivity index (χ3n) is 1.71. The number of rotatable bonds is 2. The maximum absolute atomic E-state index is 13.3. The topological polar surface area (TPSA) is 63.3 Å². The molecule has 0 aliphatic heterocycles. The van der Waals surface area contributed by atoms with Crippen molar-refractivity contribution in [3.8, 4) is 11.8 Å². The Bertz CT molecular complexity index is 432. The number of benzene rings is 1. The number of carboxylic acids is 1. The molecule has 4 heteroatoms. The standard InChI is InChI=1S/C11H10FNO2/c12-10-6-8(7-11(14)15)3-4-9(10)2-1-5-13/h3-4,6H,5,7,13H2,(H,14,15). The number of nitrogens with two attached hydrogens (primary N) is 1. The average molecular weight is 207 g/mol. The second kappa shape index (κ2) is 5.13. The average Bonchev–Trinajstić information content (AvgIpc) is 2.15. The Kier molecular flexibility index (Phi) is 3.83. The van der Waals surface area contributed by atoms with Gasteiger partial charge in [0.15, 0.2) is 0 Å². The van der Waals surface area contributed by atoms with Gasteiger partial charge in [-0.25, -0.2) is 4.39 Å². The first-order chi connectivity index (χ1) is 7.13. The normalized spacial score (nSPS) is 9.20. The minimum absolute atomic E-state index is 0.163. The minimum Gasteiger partial charge on any atom is -0.481 e. The van der Waals surface area contributed by atoms with Gasteiger partial charge in [0.05, 0.1) is 18.5 Å². The van der Waals surface area contributed by atoms with Crippen LogP contribution in [-0.2, 0) is 11.2 Å². The quantitative estimate of drug-likeness (QED) is 0.704. The summed E-state index contributed by atoms with van der Waals surface area (Å²) in [6.07, 6.45) is -0.193. The van der Waals surface area contributed by atoms with Crippen molar-refractivity contribution in [1.82, 2.24) is 0 Å². The van der Waals surface area contributed by atoms with Crippen LogP contribution in [0, 0.1) is 17.7 Å². The van der Waals surface area contributed by atoms with E-state index in [9.17, 15) is 9.18 Å². The third-order valence-corrected chi connectivity index (χ3v) is 1.71. The van der Waals surface area contributed by atoms with Crippen LogP contribution >= 0.6 is 0 Å². The molecule has 15 heavy (non-hydrogen) atoms. The van der Waals surface area contributed by atoms with Gasteiger partial charge in [-0.3, -0.25) is 4.79 Å². The van der Waals surface area contributed by atoms with Gasteiger partial charge >= 0.3 is 5.97 Å². The summed E-state index contributed by atoms with van der Waals surface area (Å²) in [4.78, 5) is 10.4. The molecule has 0 fully saturated rings. The molecule has 0 aliphatic rings. The molecule has 3 N–H and O–H groups in total. The van der Waals surface area contributed by atoms with Gasteiger partial charge in [-0.1, -0.05) is 17.9 Å². The lowest BCUT2D eigenvalue weighted by atomic mass is 10.1. The fourth-order valence-corrected chi connectivity index (χ4v) is 1.09. The predicted octanol–water partition coefficient (Wildman–Crippen LogP) is 0.763. The van der Waals surface area contributed by atoms with Crippen molar-refractivity contribution < 1.29 is 14.3 Å². The first-order valence-electron chi connectivity index (χ1n) is 4.32. The number of hydrogen-bond acceptors (Lipinski definition) is 2. The summed E-state index contributed by atoms with van der Waals surface area (Å²) in [6, 6.07) is 4.17. The van der Waals surface area contributed by atoms with Gasteiger partial charge in [-0.15, -0.1) is 0 Å². The summed E-state index contributed by atoms with van der Waals surface area (Å²) in [7, 11) is 0. The van der Waals surface area contributed by atoms with E-state index in [0.717, 1.165) is 0 Å². The Labute approximate surface area is 86.7 Å². The third kappa shape index (κ3) is 3.41. The number of hydrogen-bond donors (Lipinski definition) is 2. The van der Waals surface area contributed by atoms with Crippen molar-refractivity contribution in [3.05, 3.63) is 35.1 Å². The van der Waals surface area contributed by atoms with E-state index in [1.165, 1.54) is 18.2 Å². The highest BCUT2D eigenvalue weighted by Gasteiger charge is 2.04. The van der Waals surface area contributed by atoms with Gasteiger partial charge in [0.2, 0.25) is 0 Å². The summed E-state index contributed by atoms with van der Waals surface area (Å²) in [5.41, 5.74) is 5.79. The lowest BCUT2D eigenvalue weighted by Crippen LogP contribution is -2.01. The van der Waals surface area contributed by atoms with Crippen molar-refractivity contribution in [2.45, 2.75) is 6.42 Å². The predicted molar refractivity (Wildman–Crippen MR) is 53.7 cm³/mol. The van der Waals surface area contributed by atoms with Crippen molar-refractivity contribution in [2.24, 2.45) is 5.73 Å². The van der Waals surface area contributed by atoms with Crippen LogP contribution in [0.1, 0.15) is 11.1 Å². The molecule has 1 aromatic carbocycles. The van der Waals surface area contributed by atoms with Crippen LogP contribution in [0.2, 0.25) is 0 Å². The van der Waals surface area contributed by atoms with Gasteiger partial charge in [-0.2, -0.15) is 0 Å². The molecule has 1 rings (SSSR count). The van der Waals surface area contributed by atoms with Crippen LogP contribution in [0.4, 0.5) is 4.39 Å². The Morgan fingerprint density at radius 3 is 2.80 bits per heavy atom. The molecule has 0 radical (unpaired) electrons.